The number of nitrogens with one attached hydrogen (secondary N) is 2. The minimum Gasteiger partial charge on any atom is -0.506 e. The van der Waals surface area contributed by atoms with E-state index in [0.29, 0.717) is 17.1 Å². The summed E-state index contributed by atoms with van der Waals surface area (Å²) in [5.74, 6) is 5.10. The van der Waals surface area contributed by atoms with Gasteiger partial charge in [0, 0.05) is 28.2 Å². The van der Waals surface area contributed by atoms with Gasteiger partial charge in [0.25, 0.3) is 0 Å². The molecule has 0 radical (unpaired) electrons. The van der Waals surface area contributed by atoms with Crippen molar-refractivity contribution in [3.05, 3.63) is 131 Å². The first kappa shape index (κ1) is 49.1. The van der Waals surface area contributed by atoms with Crippen LogP contribution in [0.1, 0.15) is 139 Å². The van der Waals surface area contributed by atoms with Gasteiger partial charge in [-0.3, -0.25) is 0 Å². The highest BCUT2D eigenvalue weighted by Gasteiger charge is 2.22. The minimum atomic E-state index is 0.0476. The molecule has 3 fully saturated rings. The van der Waals surface area contributed by atoms with Crippen LogP contribution >= 0.6 is 0 Å². The van der Waals surface area contributed by atoms with Gasteiger partial charge in [0.05, 0.1) is 17.1 Å². The number of aryl methyl sites for hydroxylation is 4. The number of phenolic OH excluding ortho intramolecular Hbond substituents is 2. The third-order valence-electron chi connectivity index (χ3n) is 17.0. The molecular formula is C64H80N4O2. The molecule has 0 aliphatic heterocycles. The third-order valence-corrected chi connectivity index (χ3v) is 17.0. The second-order valence-corrected chi connectivity index (χ2v) is 22.5. The lowest BCUT2D eigenvalue weighted by Gasteiger charge is -2.26. The van der Waals surface area contributed by atoms with E-state index in [0.717, 1.165) is 111 Å². The zero-order valence-corrected chi connectivity index (χ0v) is 42.6. The number of nitrogens with two attached hydrogens (primary N) is 2. The lowest BCUT2D eigenvalue weighted by Crippen LogP contribution is -2.13. The van der Waals surface area contributed by atoms with Crippen LogP contribution in [-0.2, 0) is 19.3 Å². The van der Waals surface area contributed by atoms with Crippen LogP contribution in [0.4, 0.5) is 34.1 Å². The highest BCUT2D eigenvalue weighted by molar-refractivity contribution is 5.90. The second kappa shape index (κ2) is 22.5. The lowest BCUT2D eigenvalue weighted by atomic mass is 9.80. The summed E-state index contributed by atoms with van der Waals surface area (Å²) in [5.41, 5.74) is 28.4. The molecule has 0 amide bonds. The Morgan fingerprint density at radius 2 is 0.829 bits per heavy atom. The van der Waals surface area contributed by atoms with Crippen LogP contribution in [0.3, 0.4) is 0 Å². The molecule has 6 nitrogen and oxygen atoms in total. The van der Waals surface area contributed by atoms with E-state index in [1.54, 1.807) is 6.07 Å². The van der Waals surface area contributed by atoms with Crippen molar-refractivity contribution >= 4 is 34.1 Å². The van der Waals surface area contributed by atoms with Gasteiger partial charge in [-0.25, -0.2) is 0 Å². The zero-order chi connectivity index (χ0) is 48.7. The summed E-state index contributed by atoms with van der Waals surface area (Å²) in [4.78, 5) is 0. The molecule has 0 aromatic heterocycles. The van der Waals surface area contributed by atoms with Crippen LogP contribution in [0.5, 0.6) is 11.5 Å². The monoisotopic (exact) mass is 937 g/mol. The van der Waals surface area contributed by atoms with E-state index in [9.17, 15) is 10.2 Å². The van der Waals surface area contributed by atoms with Gasteiger partial charge < -0.3 is 32.3 Å². The van der Waals surface area contributed by atoms with Crippen LogP contribution in [-0.4, -0.2) is 10.2 Å². The molecule has 0 unspecified atom stereocenters. The van der Waals surface area contributed by atoms with Crippen molar-refractivity contribution in [2.24, 2.45) is 35.5 Å². The van der Waals surface area contributed by atoms with Crippen LogP contribution in [0.15, 0.2) is 109 Å². The molecule has 0 saturated heterocycles. The number of phenols is 2. The van der Waals surface area contributed by atoms with E-state index in [1.165, 1.54) is 113 Å². The van der Waals surface area contributed by atoms with Gasteiger partial charge in [0.2, 0.25) is 0 Å². The Morgan fingerprint density at radius 1 is 0.414 bits per heavy atom. The van der Waals surface area contributed by atoms with Gasteiger partial charge in [-0.1, -0.05) is 165 Å². The molecule has 6 aromatic carbocycles. The fraction of sp³-hybridized carbons (Fsp3) is 0.438. The second-order valence-electron chi connectivity index (χ2n) is 22.5. The van der Waals surface area contributed by atoms with Crippen LogP contribution < -0.4 is 22.1 Å². The number of rotatable bonds is 16. The first-order chi connectivity index (χ1) is 33.9. The average Bonchev–Trinajstić information content (AvgIpc) is 3.36. The summed E-state index contributed by atoms with van der Waals surface area (Å²) in [6, 6.07) is 38.7. The topological polar surface area (TPSA) is 117 Å². The summed E-state index contributed by atoms with van der Waals surface area (Å²) in [6.45, 7) is 9.29. The number of hydrogen-bond donors (Lipinski definition) is 6. The standard InChI is InChI=1S/C64H80N4O2/c1-41-5-12-45(13-6-41)18-19-48-24-29-51(30-25-48)54-38-58(66)64(70)62(40-54)67-59-39-53(28-11-44(59)4)56-33-27-50(23-21-47-16-9-43(3)10-17-47)36-61(56)68-60-35-49(22-20-46-14-7-42(2)8-15-46)26-32-55(60)52-31-34-63(69)57(65)37-52/h11,24-43,45-47,67-70H,5-10,12-23,65-66H2,1-4H3. The highest BCUT2D eigenvalue weighted by Crippen LogP contribution is 2.43. The Kier molecular flexibility index (Phi) is 15.8. The fourth-order valence-corrected chi connectivity index (χ4v) is 11.9. The van der Waals surface area contributed by atoms with Crippen molar-refractivity contribution in [2.45, 2.75) is 143 Å². The SMILES string of the molecule is Cc1ccc(-c2ccc(CCC3CCC(C)CC3)cc2Nc2cc(CCC3CCC(C)CC3)ccc2-c2ccc(O)c(N)c2)cc1Nc1cc(-c2ccc(CCC3CCC(C)CC3)cc2)cc(N)c1O. The first-order valence-corrected chi connectivity index (χ1v) is 27.1. The zero-order valence-electron chi connectivity index (χ0n) is 42.6. The molecule has 70 heavy (non-hydrogen) atoms. The number of aromatic hydroxyl groups is 2. The highest BCUT2D eigenvalue weighted by atomic mass is 16.3. The summed E-state index contributed by atoms with van der Waals surface area (Å²) < 4.78 is 0. The third kappa shape index (κ3) is 12.3. The average molecular weight is 937 g/mol. The van der Waals surface area contributed by atoms with Gasteiger partial charge in [0.1, 0.15) is 5.75 Å². The van der Waals surface area contributed by atoms with E-state index < -0.39 is 0 Å². The van der Waals surface area contributed by atoms with Crippen LogP contribution in [0.25, 0.3) is 33.4 Å². The van der Waals surface area contributed by atoms with E-state index in [-0.39, 0.29) is 11.5 Å². The number of hydrogen-bond acceptors (Lipinski definition) is 6. The molecule has 6 aromatic rings. The van der Waals surface area contributed by atoms with E-state index in [4.69, 9.17) is 11.5 Å². The van der Waals surface area contributed by atoms with Gasteiger partial charge in [-0.05, 0) is 168 Å². The molecule has 0 bridgehead atoms. The van der Waals surface area contributed by atoms with Gasteiger partial charge in [-0.15, -0.1) is 0 Å². The molecule has 3 aliphatic carbocycles. The van der Waals surface area contributed by atoms with Gasteiger partial charge >= 0.3 is 0 Å². The van der Waals surface area contributed by atoms with Crippen molar-refractivity contribution in [1.82, 2.24) is 0 Å². The number of nitrogen functional groups attached to an aromatic ring is 2. The lowest BCUT2D eigenvalue weighted by molar-refractivity contribution is 0.278. The Bertz CT molecular complexity index is 2700. The van der Waals surface area contributed by atoms with Crippen molar-refractivity contribution in [1.29, 1.82) is 0 Å². The van der Waals surface area contributed by atoms with Crippen molar-refractivity contribution in [2.75, 3.05) is 22.1 Å². The maximum atomic E-state index is 11.4. The smallest absolute Gasteiger partial charge is 0.162 e. The van der Waals surface area contributed by atoms with Crippen molar-refractivity contribution < 1.29 is 10.2 Å². The molecule has 368 valence electrons. The molecule has 8 N–H and O–H groups in total. The molecular weight excluding hydrogens is 857 g/mol. The quantitative estimate of drug-likeness (QED) is 0.0425. The minimum absolute atomic E-state index is 0.0476. The molecule has 0 heterocycles. The fourth-order valence-electron chi connectivity index (χ4n) is 11.9. The van der Waals surface area contributed by atoms with E-state index >= 15 is 0 Å². The van der Waals surface area contributed by atoms with Crippen LogP contribution in [0.2, 0.25) is 0 Å². The Labute approximate surface area is 419 Å². The van der Waals surface area contributed by atoms with E-state index in [2.05, 4.69) is 117 Å². The molecule has 6 heteroatoms. The summed E-state index contributed by atoms with van der Waals surface area (Å²) in [5, 5.41) is 29.5. The van der Waals surface area contributed by atoms with Crippen molar-refractivity contribution in [3.63, 3.8) is 0 Å². The Morgan fingerprint density at radius 3 is 1.34 bits per heavy atom. The van der Waals surface area contributed by atoms with Gasteiger partial charge in [0.15, 0.2) is 5.75 Å². The van der Waals surface area contributed by atoms with Crippen molar-refractivity contribution in [3.8, 4) is 44.9 Å². The Balaban J connectivity index is 1.02. The normalized spacial score (nSPS) is 21.6. The molecule has 9 rings (SSSR count). The molecule has 0 spiro atoms. The number of anilines is 6. The molecule has 3 aliphatic rings. The summed E-state index contributed by atoms with van der Waals surface area (Å²) >= 11 is 0. The van der Waals surface area contributed by atoms with Crippen LogP contribution in [0, 0.1) is 42.4 Å². The first-order valence-electron chi connectivity index (χ1n) is 27.1. The Hall–Kier alpha value is -5.88. The largest absolute Gasteiger partial charge is 0.506 e. The maximum absolute atomic E-state index is 11.4. The predicted octanol–water partition coefficient (Wildman–Crippen LogP) is 17.3. The summed E-state index contributed by atoms with van der Waals surface area (Å²) in [7, 11) is 0. The molecule has 3 saturated carbocycles. The predicted molar refractivity (Wildman–Crippen MR) is 297 cm³/mol. The van der Waals surface area contributed by atoms with E-state index in [1.807, 2.05) is 24.3 Å². The number of benzene rings is 6. The maximum Gasteiger partial charge on any atom is 0.162 e. The molecule has 0 atom stereocenters. The summed E-state index contributed by atoms with van der Waals surface area (Å²) in [6.07, 6.45) is 23.0. The van der Waals surface area contributed by atoms with Gasteiger partial charge in [-0.2, -0.15) is 0 Å².